The van der Waals surface area contributed by atoms with Gasteiger partial charge in [-0.15, -0.1) is 0 Å². The van der Waals surface area contributed by atoms with Gasteiger partial charge >= 0.3 is 5.69 Å². The maximum atomic E-state index is 10.9. The standard InChI is InChI=1S/C9H8ClN5O2/c1-5-6(2)14(4-12-5)8-7(15(16)17)3-11-9(10)13-8/h3-4H,1-2H3. The highest BCUT2D eigenvalue weighted by molar-refractivity contribution is 6.28. The third kappa shape index (κ3) is 1.96. The average molecular weight is 254 g/mol. The van der Waals surface area contributed by atoms with Gasteiger partial charge in [0.2, 0.25) is 11.1 Å². The lowest BCUT2D eigenvalue weighted by Crippen LogP contribution is -2.05. The molecule has 0 aliphatic rings. The molecule has 2 heterocycles. The summed E-state index contributed by atoms with van der Waals surface area (Å²) in [5.41, 5.74) is 1.33. The van der Waals surface area contributed by atoms with Crippen molar-refractivity contribution >= 4 is 17.3 Å². The molecule has 0 radical (unpaired) electrons. The molecule has 0 aliphatic carbocycles. The number of halogens is 1. The summed E-state index contributed by atoms with van der Waals surface area (Å²) in [6.07, 6.45) is 2.55. The minimum atomic E-state index is -0.555. The number of hydrogen-bond acceptors (Lipinski definition) is 5. The summed E-state index contributed by atoms with van der Waals surface area (Å²) in [4.78, 5) is 21.9. The lowest BCUT2D eigenvalue weighted by atomic mass is 10.3. The normalized spacial score (nSPS) is 10.5. The van der Waals surface area contributed by atoms with Gasteiger partial charge in [0.05, 0.1) is 10.6 Å². The second-order valence-corrected chi connectivity index (χ2v) is 3.73. The van der Waals surface area contributed by atoms with Gasteiger partial charge in [-0.25, -0.2) is 9.97 Å². The molecule has 2 aromatic heterocycles. The Balaban J connectivity index is 2.69. The van der Waals surface area contributed by atoms with Crippen molar-refractivity contribution < 1.29 is 4.92 Å². The quantitative estimate of drug-likeness (QED) is 0.463. The minimum absolute atomic E-state index is 0.0450. The van der Waals surface area contributed by atoms with Gasteiger partial charge in [-0.2, -0.15) is 4.98 Å². The zero-order valence-corrected chi connectivity index (χ0v) is 9.84. The molecule has 0 unspecified atom stereocenters. The van der Waals surface area contributed by atoms with Crippen LogP contribution in [-0.2, 0) is 0 Å². The van der Waals surface area contributed by atoms with Gasteiger partial charge in [-0.1, -0.05) is 0 Å². The molecule has 0 bridgehead atoms. The number of nitro groups is 1. The first-order valence-electron chi connectivity index (χ1n) is 4.68. The number of hydrogen-bond donors (Lipinski definition) is 0. The van der Waals surface area contributed by atoms with E-state index in [-0.39, 0.29) is 16.8 Å². The Kier molecular flexibility index (Phi) is 2.76. The fourth-order valence-electron chi connectivity index (χ4n) is 1.36. The molecule has 0 spiro atoms. The summed E-state index contributed by atoms with van der Waals surface area (Å²) in [5.74, 6) is 0.119. The first kappa shape index (κ1) is 11.5. The van der Waals surface area contributed by atoms with Crippen LogP contribution in [0.4, 0.5) is 5.69 Å². The Bertz CT molecular complexity index is 595. The van der Waals surface area contributed by atoms with Crippen LogP contribution in [0.1, 0.15) is 11.4 Å². The van der Waals surface area contributed by atoms with Crippen molar-refractivity contribution in [1.82, 2.24) is 19.5 Å². The van der Waals surface area contributed by atoms with Gasteiger partial charge in [0.25, 0.3) is 0 Å². The summed E-state index contributed by atoms with van der Waals surface area (Å²) in [6.45, 7) is 3.60. The number of aryl methyl sites for hydroxylation is 1. The van der Waals surface area contributed by atoms with Crippen molar-refractivity contribution in [3.05, 3.63) is 39.3 Å². The molecule has 88 valence electrons. The van der Waals surface area contributed by atoms with E-state index in [0.29, 0.717) is 0 Å². The summed E-state index contributed by atoms with van der Waals surface area (Å²) in [6, 6.07) is 0. The molecule has 0 N–H and O–H groups in total. The van der Waals surface area contributed by atoms with Crippen molar-refractivity contribution in [3.63, 3.8) is 0 Å². The van der Waals surface area contributed by atoms with Gasteiger partial charge in [0.1, 0.15) is 12.5 Å². The first-order chi connectivity index (χ1) is 8.00. The summed E-state index contributed by atoms with van der Waals surface area (Å²) < 4.78 is 1.51. The largest absolute Gasteiger partial charge is 0.330 e. The molecule has 7 nitrogen and oxygen atoms in total. The topological polar surface area (TPSA) is 86.7 Å². The van der Waals surface area contributed by atoms with Crippen LogP contribution in [0.5, 0.6) is 0 Å². The zero-order chi connectivity index (χ0) is 12.6. The predicted octanol–water partition coefficient (Wildman–Crippen LogP) is 1.84. The van der Waals surface area contributed by atoms with E-state index in [2.05, 4.69) is 15.0 Å². The Hall–Kier alpha value is -2.02. The lowest BCUT2D eigenvalue weighted by molar-refractivity contribution is -0.385. The van der Waals surface area contributed by atoms with E-state index in [1.807, 2.05) is 0 Å². The third-order valence-corrected chi connectivity index (χ3v) is 2.58. The van der Waals surface area contributed by atoms with Crippen molar-refractivity contribution in [1.29, 1.82) is 0 Å². The summed E-state index contributed by atoms with van der Waals surface area (Å²) in [7, 11) is 0. The van der Waals surface area contributed by atoms with Crippen LogP contribution >= 0.6 is 11.6 Å². The highest BCUT2D eigenvalue weighted by Gasteiger charge is 2.20. The van der Waals surface area contributed by atoms with E-state index in [1.165, 1.54) is 10.9 Å². The highest BCUT2D eigenvalue weighted by Crippen LogP contribution is 2.22. The molecule has 2 aromatic rings. The fourth-order valence-corrected chi connectivity index (χ4v) is 1.49. The van der Waals surface area contributed by atoms with Crippen molar-refractivity contribution in [3.8, 4) is 5.82 Å². The Morgan fingerprint density at radius 3 is 2.65 bits per heavy atom. The maximum Gasteiger partial charge on any atom is 0.330 e. The van der Waals surface area contributed by atoms with Crippen LogP contribution in [0.25, 0.3) is 5.82 Å². The van der Waals surface area contributed by atoms with Crippen LogP contribution in [0, 0.1) is 24.0 Å². The van der Waals surface area contributed by atoms with Gasteiger partial charge in [-0.3, -0.25) is 14.7 Å². The van der Waals surface area contributed by atoms with Crippen LogP contribution in [0.15, 0.2) is 12.5 Å². The van der Waals surface area contributed by atoms with Gasteiger partial charge in [-0.05, 0) is 25.4 Å². The first-order valence-corrected chi connectivity index (χ1v) is 5.06. The van der Waals surface area contributed by atoms with Gasteiger partial charge in [0.15, 0.2) is 0 Å². The Morgan fingerprint density at radius 2 is 2.12 bits per heavy atom. The second kappa shape index (κ2) is 4.10. The van der Waals surface area contributed by atoms with E-state index in [9.17, 15) is 10.1 Å². The highest BCUT2D eigenvalue weighted by atomic mass is 35.5. The van der Waals surface area contributed by atoms with Gasteiger partial charge < -0.3 is 0 Å². The molecule has 17 heavy (non-hydrogen) atoms. The SMILES string of the molecule is Cc1ncn(-c2nc(Cl)ncc2[N+](=O)[O-])c1C. The molecular weight excluding hydrogens is 246 g/mol. The van der Waals surface area contributed by atoms with Crippen LogP contribution in [-0.4, -0.2) is 24.4 Å². The van der Waals surface area contributed by atoms with E-state index < -0.39 is 4.92 Å². The maximum absolute atomic E-state index is 10.9. The molecule has 0 aliphatic heterocycles. The van der Waals surface area contributed by atoms with Crippen LogP contribution in [0.2, 0.25) is 5.28 Å². The third-order valence-electron chi connectivity index (χ3n) is 2.40. The van der Waals surface area contributed by atoms with E-state index in [0.717, 1.165) is 17.6 Å². The monoisotopic (exact) mass is 253 g/mol. The molecule has 0 amide bonds. The molecule has 0 aromatic carbocycles. The van der Waals surface area contributed by atoms with E-state index >= 15 is 0 Å². The molecular formula is C9H8ClN5O2. The average Bonchev–Trinajstić information content (AvgIpc) is 2.59. The number of aromatic nitrogens is 4. The molecule has 0 saturated heterocycles. The van der Waals surface area contributed by atoms with E-state index in [4.69, 9.17) is 11.6 Å². The molecule has 2 rings (SSSR count). The summed E-state index contributed by atoms with van der Waals surface area (Å²) >= 11 is 5.65. The van der Waals surface area contributed by atoms with Crippen molar-refractivity contribution in [2.24, 2.45) is 0 Å². The minimum Gasteiger partial charge on any atom is -0.282 e. The molecule has 0 fully saturated rings. The second-order valence-electron chi connectivity index (χ2n) is 3.39. The Labute approximate surface area is 101 Å². The molecule has 0 saturated carbocycles. The number of nitrogens with zero attached hydrogens (tertiary/aromatic N) is 5. The van der Waals surface area contributed by atoms with Crippen molar-refractivity contribution in [2.45, 2.75) is 13.8 Å². The van der Waals surface area contributed by atoms with E-state index in [1.54, 1.807) is 13.8 Å². The van der Waals surface area contributed by atoms with Gasteiger partial charge in [0, 0.05) is 5.69 Å². The van der Waals surface area contributed by atoms with Crippen LogP contribution < -0.4 is 0 Å². The zero-order valence-electron chi connectivity index (χ0n) is 9.09. The molecule has 8 heteroatoms. The number of imidazole rings is 1. The number of rotatable bonds is 2. The predicted molar refractivity (Wildman–Crippen MR) is 60.3 cm³/mol. The lowest BCUT2D eigenvalue weighted by Gasteiger charge is -2.04. The smallest absolute Gasteiger partial charge is 0.282 e. The van der Waals surface area contributed by atoms with Crippen molar-refractivity contribution in [2.75, 3.05) is 0 Å². The summed E-state index contributed by atoms with van der Waals surface area (Å²) in [5, 5.41) is 10.8. The fraction of sp³-hybridized carbons (Fsp3) is 0.222. The molecule has 0 atom stereocenters. The van der Waals surface area contributed by atoms with Crippen LogP contribution in [0.3, 0.4) is 0 Å². The Morgan fingerprint density at radius 1 is 1.41 bits per heavy atom.